The number of carbonyl (C=O) groups excluding carboxylic acids is 1. The Labute approximate surface area is 175 Å². The highest BCUT2D eigenvalue weighted by Crippen LogP contribution is 2.30. The van der Waals surface area contributed by atoms with Crippen molar-refractivity contribution in [3.63, 3.8) is 0 Å². The van der Waals surface area contributed by atoms with Crippen LogP contribution in [0.25, 0.3) is 11.4 Å². The van der Waals surface area contributed by atoms with E-state index in [4.69, 9.17) is 28.9 Å². The van der Waals surface area contributed by atoms with E-state index in [2.05, 4.69) is 20.5 Å². The summed E-state index contributed by atoms with van der Waals surface area (Å²) < 4.78 is 3.15. The third-order valence-corrected chi connectivity index (χ3v) is 4.83. The molecule has 0 atom stereocenters. The van der Waals surface area contributed by atoms with Gasteiger partial charge in [-0.15, -0.1) is 0 Å². The van der Waals surface area contributed by atoms with Gasteiger partial charge in [-0.1, -0.05) is 29.3 Å². The SMILES string of the molecule is Cc1ncnn1-c1ccc(Nc2cn(-c3c(Cl)cccc3Cl)nc2C(N)=O)cc1. The fourth-order valence-corrected chi connectivity index (χ4v) is 3.43. The number of hydrogen-bond acceptors (Lipinski definition) is 5. The van der Waals surface area contributed by atoms with E-state index in [0.717, 1.165) is 17.2 Å². The van der Waals surface area contributed by atoms with Crippen LogP contribution in [0.3, 0.4) is 0 Å². The van der Waals surface area contributed by atoms with E-state index in [1.807, 2.05) is 31.2 Å². The fraction of sp³-hybridized carbons (Fsp3) is 0.0526. The highest BCUT2D eigenvalue weighted by Gasteiger charge is 2.18. The lowest BCUT2D eigenvalue weighted by Crippen LogP contribution is -2.14. The van der Waals surface area contributed by atoms with Crippen molar-refractivity contribution in [2.75, 3.05) is 5.32 Å². The molecule has 1 amide bonds. The quantitative estimate of drug-likeness (QED) is 0.502. The first kappa shape index (κ1) is 19.0. The first-order valence-corrected chi connectivity index (χ1v) is 9.27. The lowest BCUT2D eigenvalue weighted by molar-refractivity contribution is 0.0996. The number of primary amides is 1. The maximum absolute atomic E-state index is 11.9. The van der Waals surface area contributed by atoms with E-state index in [1.165, 1.54) is 11.0 Å². The van der Waals surface area contributed by atoms with Crippen molar-refractivity contribution in [1.82, 2.24) is 24.5 Å². The molecule has 8 nitrogen and oxygen atoms in total. The lowest BCUT2D eigenvalue weighted by Gasteiger charge is -2.08. The van der Waals surface area contributed by atoms with Gasteiger partial charge in [0.15, 0.2) is 5.69 Å². The minimum Gasteiger partial charge on any atom is -0.364 e. The minimum absolute atomic E-state index is 0.0668. The Bertz CT molecular complexity index is 1180. The van der Waals surface area contributed by atoms with Crippen molar-refractivity contribution in [1.29, 1.82) is 0 Å². The molecule has 0 fully saturated rings. The smallest absolute Gasteiger partial charge is 0.271 e. The van der Waals surface area contributed by atoms with Gasteiger partial charge < -0.3 is 11.1 Å². The first-order valence-electron chi connectivity index (χ1n) is 8.52. The summed E-state index contributed by atoms with van der Waals surface area (Å²) in [6.07, 6.45) is 3.11. The van der Waals surface area contributed by atoms with Gasteiger partial charge >= 0.3 is 0 Å². The number of halogens is 2. The largest absolute Gasteiger partial charge is 0.364 e. The van der Waals surface area contributed by atoms with Crippen molar-refractivity contribution in [2.45, 2.75) is 6.92 Å². The number of aromatic nitrogens is 5. The third-order valence-electron chi connectivity index (χ3n) is 4.22. The zero-order chi connectivity index (χ0) is 20.5. The Kier molecular flexibility index (Phi) is 4.96. The molecule has 4 rings (SSSR count). The molecule has 4 aromatic rings. The molecular weight excluding hydrogens is 413 g/mol. The average molecular weight is 428 g/mol. The highest BCUT2D eigenvalue weighted by molar-refractivity contribution is 6.37. The summed E-state index contributed by atoms with van der Waals surface area (Å²) in [5.74, 6) is 0.101. The zero-order valence-electron chi connectivity index (χ0n) is 15.2. The number of anilines is 2. The van der Waals surface area contributed by atoms with Crippen LogP contribution in [0.5, 0.6) is 0 Å². The molecule has 29 heavy (non-hydrogen) atoms. The van der Waals surface area contributed by atoms with Crippen molar-refractivity contribution >= 4 is 40.5 Å². The predicted octanol–water partition coefficient (Wildman–Crippen LogP) is 3.91. The minimum atomic E-state index is -0.677. The predicted molar refractivity (Wildman–Crippen MR) is 111 cm³/mol. The molecule has 0 aliphatic rings. The topological polar surface area (TPSA) is 104 Å². The molecule has 0 radical (unpaired) electrons. The first-order chi connectivity index (χ1) is 13.9. The second-order valence-electron chi connectivity index (χ2n) is 6.16. The summed E-state index contributed by atoms with van der Waals surface area (Å²) in [5.41, 5.74) is 8.05. The van der Waals surface area contributed by atoms with Gasteiger partial charge in [-0.2, -0.15) is 10.2 Å². The Morgan fingerprint density at radius 3 is 2.38 bits per heavy atom. The molecular formula is C19H15Cl2N7O. The van der Waals surface area contributed by atoms with Crippen LogP contribution in [-0.4, -0.2) is 30.5 Å². The number of carbonyl (C=O) groups is 1. The van der Waals surface area contributed by atoms with Crippen molar-refractivity contribution < 1.29 is 4.79 Å². The average Bonchev–Trinajstić information content (AvgIpc) is 3.29. The Hall–Kier alpha value is -3.36. The zero-order valence-corrected chi connectivity index (χ0v) is 16.7. The molecule has 0 unspecified atom stereocenters. The Morgan fingerprint density at radius 2 is 1.79 bits per heavy atom. The van der Waals surface area contributed by atoms with Crippen LogP contribution in [0.2, 0.25) is 10.0 Å². The molecule has 0 aliphatic heterocycles. The monoisotopic (exact) mass is 427 g/mol. The van der Waals surface area contributed by atoms with Crippen molar-refractivity contribution in [3.8, 4) is 11.4 Å². The van der Waals surface area contributed by atoms with E-state index < -0.39 is 5.91 Å². The Morgan fingerprint density at radius 1 is 1.10 bits per heavy atom. The van der Waals surface area contributed by atoms with Gasteiger partial charge in [-0.05, 0) is 43.3 Å². The number of hydrogen-bond donors (Lipinski definition) is 2. The summed E-state index contributed by atoms with van der Waals surface area (Å²) in [7, 11) is 0. The van der Waals surface area contributed by atoms with Gasteiger partial charge in [-0.25, -0.2) is 14.3 Å². The molecule has 0 saturated heterocycles. The van der Waals surface area contributed by atoms with Crippen molar-refractivity contribution in [3.05, 3.63) is 76.6 Å². The number of nitrogens with zero attached hydrogens (tertiary/aromatic N) is 5. The van der Waals surface area contributed by atoms with Crippen molar-refractivity contribution in [2.24, 2.45) is 5.73 Å². The van der Waals surface area contributed by atoms with Crippen LogP contribution in [-0.2, 0) is 0 Å². The van der Waals surface area contributed by atoms with E-state index in [1.54, 1.807) is 29.1 Å². The van der Waals surface area contributed by atoms with Gasteiger partial charge in [0.1, 0.15) is 17.8 Å². The van der Waals surface area contributed by atoms with Crippen LogP contribution in [0, 0.1) is 6.92 Å². The normalized spacial score (nSPS) is 10.9. The molecule has 2 aromatic carbocycles. The number of amides is 1. The summed E-state index contributed by atoms with van der Waals surface area (Å²) in [5, 5.41) is 12.4. The standard InChI is InChI=1S/C19H15Cl2N7O/c1-11-23-10-24-28(11)13-7-5-12(6-8-13)25-16-9-27(26-17(16)19(22)29)18-14(20)3-2-4-15(18)21/h2-10,25H,1H3,(H2,22,29). The molecule has 0 aliphatic carbocycles. The summed E-state index contributed by atoms with van der Waals surface area (Å²) in [6.45, 7) is 1.87. The van der Waals surface area contributed by atoms with Gasteiger partial charge in [0.25, 0.3) is 5.91 Å². The van der Waals surface area contributed by atoms with Crippen LogP contribution in [0.15, 0.2) is 55.0 Å². The second-order valence-corrected chi connectivity index (χ2v) is 6.98. The molecule has 146 valence electrons. The van der Waals surface area contributed by atoms with Gasteiger partial charge in [0.05, 0.1) is 27.6 Å². The Balaban J connectivity index is 1.67. The van der Waals surface area contributed by atoms with Crippen LogP contribution < -0.4 is 11.1 Å². The molecule has 0 spiro atoms. The van der Waals surface area contributed by atoms with Gasteiger partial charge in [0, 0.05) is 5.69 Å². The number of benzene rings is 2. The lowest BCUT2D eigenvalue weighted by atomic mass is 10.2. The van der Waals surface area contributed by atoms with E-state index >= 15 is 0 Å². The summed E-state index contributed by atoms with van der Waals surface area (Å²) in [6, 6.07) is 12.6. The molecule has 3 N–H and O–H groups in total. The summed E-state index contributed by atoms with van der Waals surface area (Å²) in [4.78, 5) is 16.0. The molecule has 10 heteroatoms. The number of rotatable bonds is 5. The summed E-state index contributed by atoms with van der Waals surface area (Å²) >= 11 is 12.5. The highest BCUT2D eigenvalue weighted by atomic mass is 35.5. The molecule has 2 aromatic heterocycles. The molecule has 2 heterocycles. The van der Waals surface area contributed by atoms with Crippen LogP contribution in [0.1, 0.15) is 16.3 Å². The van der Waals surface area contributed by atoms with E-state index in [0.29, 0.717) is 21.4 Å². The number of nitrogens with one attached hydrogen (secondary N) is 1. The maximum atomic E-state index is 11.9. The van der Waals surface area contributed by atoms with E-state index in [9.17, 15) is 4.79 Å². The fourth-order valence-electron chi connectivity index (χ4n) is 2.86. The number of aryl methyl sites for hydroxylation is 1. The van der Waals surface area contributed by atoms with Crippen LogP contribution >= 0.6 is 23.2 Å². The molecule has 0 saturated carbocycles. The number of nitrogens with two attached hydrogens (primary N) is 1. The maximum Gasteiger partial charge on any atom is 0.271 e. The molecule has 0 bridgehead atoms. The second kappa shape index (κ2) is 7.57. The third kappa shape index (κ3) is 3.67. The van der Waals surface area contributed by atoms with E-state index in [-0.39, 0.29) is 5.69 Å². The van der Waals surface area contributed by atoms with Gasteiger partial charge in [-0.3, -0.25) is 4.79 Å². The van der Waals surface area contributed by atoms with Crippen LogP contribution in [0.4, 0.5) is 11.4 Å². The number of para-hydroxylation sites is 1. The van der Waals surface area contributed by atoms with Gasteiger partial charge in [0.2, 0.25) is 0 Å².